The lowest BCUT2D eigenvalue weighted by molar-refractivity contribution is -0.145. The summed E-state index contributed by atoms with van der Waals surface area (Å²) >= 11 is 0. The second-order valence-electron chi connectivity index (χ2n) is 3.41. The van der Waals surface area contributed by atoms with E-state index in [9.17, 15) is 19.1 Å². The van der Waals surface area contributed by atoms with E-state index in [-0.39, 0.29) is 5.56 Å². The summed E-state index contributed by atoms with van der Waals surface area (Å²) in [5.41, 5.74) is -2.67. The number of alkyl halides is 1. The Morgan fingerprint density at radius 2 is 1.88 bits per heavy atom. The summed E-state index contributed by atoms with van der Waals surface area (Å²) < 4.78 is 14.4. The average Bonchev–Trinajstić information content (AvgIpc) is 2.27. The number of urea groups is 1. The van der Waals surface area contributed by atoms with E-state index < -0.39 is 23.8 Å². The highest BCUT2D eigenvalue weighted by Crippen LogP contribution is 2.30. The Balaban J connectivity index is 2.44. The Kier molecular flexibility index (Phi) is 2.35. The number of nitrogens with one attached hydrogen (secondary N) is 2. The molecule has 16 heavy (non-hydrogen) atoms. The van der Waals surface area contributed by atoms with Crippen LogP contribution < -0.4 is 10.6 Å². The van der Waals surface area contributed by atoms with Crippen molar-refractivity contribution >= 4 is 11.9 Å². The van der Waals surface area contributed by atoms with Crippen LogP contribution in [0.25, 0.3) is 0 Å². The summed E-state index contributed by atoms with van der Waals surface area (Å²) in [6, 6.07) is 6.53. The van der Waals surface area contributed by atoms with Gasteiger partial charge in [-0.2, -0.15) is 0 Å². The molecule has 0 spiro atoms. The quantitative estimate of drug-likeness (QED) is 0.628. The van der Waals surface area contributed by atoms with Gasteiger partial charge in [0.25, 0.3) is 11.6 Å². The number of carbonyl (C=O) groups excluding carboxylic acids is 2. The molecule has 3 N–H and O–H groups in total. The van der Waals surface area contributed by atoms with Crippen molar-refractivity contribution in [1.82, 2.24) is 10.6 Å². The van der Waals surface area contributed by atoms with Crippen LogP contribution in [0.15, 0.2) is 30.3 Å². The molecular formula is C10H9FN2O3. The summed E-state index contributed by atoms with van der Waals surface area (Å²) in [6.45, 7) is 0. The number of rotatable bonds is 1. The van der Waals surface area contributed by atoms with Crippen LogP contribution in [0, 0.1) is 0 Å². The van der Waals surface area contributed by atoms with Crippen molar-refractivity contribution in [3.8, 4) is 0 Å². The molecule has 1 aliphatic heterocycles. The summed E-state index contributed by atoms with van der Waals surface area (Å²) in [5.74, 6) is -1.17. The Morgan fingerprint density at radius 3 is 2.44 bits per heavy atom. The van der Waals surface area contributed by atoms with Crippen molar-refractivity contribution in [2.75, 3.05) is 0 Å². The van der Waals surface area contributed by atoms with Crippen molar-refractivity contribution < 1.29 is 19.1 Å². The third-order valence-corrected chi connectivity index (χ3v) is 2.40. The lowest BCUT2D eigenvalue weighted by Gasteiger charge is -2.33. The maximum absolute atomic E-state index is 14.4. The molecule has 5 nitrogen and oxygen atoms in total. The largest absolute Gasteiger partial charge is 0.370 e. The number of hydrogen-bond acceptors (Lipinski definition) is 3. The second-order valence-corrected chi connectivity index (χ2v) is 3.41. The lowest BCUT2D eigenvalue weighted by Crippen LogP contribution is -2.65. The van der Waals surface area contributed by atoms with Gasteiger partial charge in [-0.05, 0) is 0 Å². The van der Waals surface area contributed by atoms with Crippen LogP contribution in [0.5, 0.6) is 0 Å². The fraction of sp³-hybridized carbons (Fsp3) is 0.200. The molecule has 84 valence electrons. The first-order chi connectivity index (χ1) is 7.55. The molecule has 0 saturated carbocycles. The Morgan fingerprint density at radius 1 is 1.25 bits per heavy atom. The van der Waals surface area contributed by atoms with Crippen LogP contribution in [-0.4, -0.2) is 23.3 Å². The molecule has 1 fully saturated rings. The van der Waals surface area contributed by atoms with Crippen LogP contribution >= 0.6 is 0 Å². The van der Waals surface area contributed by atoms with E-state index in [1.807, 2.05) is 5.32 Å². The number of hydrogen-bond donors (Lipinski definition) is 3. The molecule has 1 aromatic carbocycles. The first kappa shape index (κ1) is 10.6. The number of aliphatic hydroxyl groups is 1. The monoisotopic (exact) mass is 224 g/mol. The smallest absolute Gasteiger partial charge is 0.323 e. The first-order valence-corrected chi connectivity index (χ1v) is 4.59. The van der Waals surface area contributed by atoms with Crippen LogP contribution in [0.2, 0.25) is 0 Å². The van der Waals surface area contributed by atoms with E-state index in [0.29, 0.717) is 0 Å². The van der Waals surface area contributed by atoms with Crippen molar-refractivity contribution in [2.24, 2.45) is 0 Å². The summed E-state index contributed by atoms with van der Waals surface area (Å²) in [5, 5.41) is 13.1. The number of benzene rings is 1. The van der Waals surface area contributed by atoms with Gasteiger partial charge >= 0.3 is 6.03 Å². The third kappa shape index (κ3) is 1.43. The minimum absolute atomic E-state index is 0.0139. The highest BCUT2D eigenvalue weighted by Gasteiger charge is 2.52. The molecule has 6 heteroatoms. The van der Waals surface area contributed by atoms with Gasteiger partial charge in [-0.3, -0.25) is 10.1 Å². The number of amides is 3. The molecule has 0 aliphatic carbocycles. The molecule has 1 aliphatic rings. The van der Waals surface area contributed by atoms with E-state index in [1.165, 1.54) is 24.3 Å². The molecule has 1 heterocycles. The predicted molar refractivity (Wildman–Crippen MR) is 51.9 cm³/mol. The zero-order chi connectivity index (χ0) is 11.8. The van der Waals surface area contributed by atoms with Gasteiger partial charge in [-0.1, -0.05) is 30.3 Å². The fourth-order valence-corrected chi connectivity index (χ4v) is 1.55. The van der Waals surface area contributed by atoms with Gasteiger partial charge in [-0.25, -0.2) is 9.18 Å². The molecule has 1 aromatic rings. The topological polar surface area (TPSA) is 78.4 Å². The van der Waals surface area contributed by atoms with Crippen LogP contribution in [-0.2, 0) is 10.5 Å². The molecular weight excluding hydrogens is 215 g/mol. The number of carbonyl (C=O) groups is 2. The van der Waals surface area contributed by atoms with E-state index in [2.05, 4.69) is 0 Å². The fourth-order valence-electron chi connectivity index (χ4n) is 1.55. The lowest BCUT2D eigenvalue weighted by atomic mass is 9.91. The zero-order valence-corrected chi connectivity index (χ0v) is 8.11. The molecule has 3 amide bonds. The predicted octanol–water partition coefficient (Wildman–Crippen LogP) is 0.00920. The van der Waals surface area contributed by atoms with Crippen molar-refractivity contribution in [3.05, 3.63) is 35.9 Å². The van der Waals surface area contributed by atoms with Crippen molar-refractivity contribution in [3.63, 3.8) is 0 Å². The Labute approximate surface area is 90.3 Å². The maximum atomic E-state index is 14.4. The van der Waals surface area contributed by atoms with Gasteiger partial charge in [0.1, 0.15) is 0 Å². The van der Waals surface area contributed by atoms with Gasteiger partial charge in [0.15, 0.2) is 6.23 Å². The molecule has 0 bridgehead atoms. The number of imide groups is 1. The van der Waals surface area contributed by atoms with Gasteiger partial charge < -0.3 is 10.4 Å². The first-order valence-electron chi connectivity index (χ1n) is 4.59. The zero-order valence-electron chi connectivity index (χ0n) is 8.11. The minimum atomic E-state index is -2.66. The molecule has 0 aromatic heterocycles. The van der Waals surface area contributed by atoms with Crippen LogP contribution in [0.3, 0.4) is 0 Å². The minimum Gasteiger partial charge on any atom is -0.370 e. The molecule has 0 radical (unpaired) electrons. The normalized spacial score (nSPS) is 29.5. The van der Waals surface area contributed by atoms with E-state index in [0.717, 1.165) is 0 Å². The average molecular weight is 224 g/mol. The molecule has 1 saturated heterocycles. The van der Waals surface area contributed by atoms with Crippen LogP contribution in [0.4, 0.5) is 9.18 Å². The van der Waals surface area contributed by atoms with Crippen molar-refractivity contribution in [1.29, 1.82) is 0 Å². The summed E-state index contributed by atoms with van der Waals surface area (Å²) in [6.07, 6.45) is -1.89. The van der Waals surface area contributed by atoms with Gasteiger partial charge in [-0.15, -0.1) is 0 Å². The van der Waals surface area contributed by atoms with Crippen LogP contribution in [0.1, 0.15) is 5.56 Å². The molecule has 2 unspecified atom stereocenters. The Bertz CT molecular complexity index is 437. The van der Waals surface area contributed by atoms with E-state index in [4.69, 9.17) is 0 Å². The molecule has 2 rings (SSSR count). The maximum Gasteiger partial charge on any atom is 0.323 e. The molecule has 2 atom stereocenters. The van der Waals surface area contributed by atoms with Gasteiger partial charge in [0.2, 0.25) is 0 Å². The Hall–Kier alpha value is -1.95. The summed E-state index contributed by atoms with van der Waals surface area (Å²) in [7, 11) is 0. The third-order valence-electron chi connectivity index (χ3n) is 2.40. The van der Waals surface area contributed by atoms with E-state index >= 15 is 0 Å². The standard InChI is InChI=1S/C10H9FN2O3/c11-10(6-4-2-1-3-5-6)7(14)12-9(16)13-8(10)15/h1-5,7,14H,(H2,12,13,15,16). The second kappa shape index (κ2) is 3.57. The van der Waals surface area contributed by atoms with E-state index in [1.54, 1.807) is 11.4 Å². The number of halogens is 1. The highest BCUT2D eigenvalue weighted by atomic mass is 19.1. The van der Waals surface area contributed by atoms with Gasteiger partial charge in [0, 0.05) is 5.56 Å². The summed E-state index contributed by atoms with van der Waals surface area (Å²) in [4.78, 5) is 22.3. The SMILES string of the molecule is O=C1NC(=O)C(F)(c2ccccc2)C(O)N1. The highest BCUT2D eigenvalue weighted by molar-refractivity contribution is 6.02. The number of aliphatic hydroxyl groups excluding tert-OH is 1. The van der Waals surface area contributed by atoms with Gasteiger partial charge in [0.05, 0.1) is 0 Å². The van der Waals surface area contributed by atoms with Crippen molar-refractivity contribution in [2.45, 2.75) is 11.9 Å².